The Hall–Kier alpha value is -2.59. The van der Waals surface area contributed by atoms with Crippen molar-refractivity contribution in [3.63, 3.8) is 0 Å². The van der Waals surface area contributed by atoms with Gasteiger partial charge in [0.1, 0.15) is 5.82 Å². The maximum absolute atomic E-state index is 12.3. The summed E-state index contributed by atoms with van der Waals surface area (Å²) in [7, 11) is 0. The fourth-order valence-electron chi connectivity index (χ4n) is 3.75. The third-order valence-electron chi connectivity index (χ3n) is 5.30. The number of aromatic nitrogens is 4. The Kier molecular flexibility index (Phi) is 5.11. The second kappa shape index (κ2) is 7.92. The standard InChI is InChI=1S/C20H19ClN6O2S/c21-13-1-2-16-15(9-13)19(29)24-17(23-16)12-26-5-3-25(4-6-26)11-14-10-18(28)27-7-8-30-20(27)22-14/h1-2,7-10H,3-6,11-12H2,(H,23,24,29). The first-order valence-electron chi connectivity index (χ1n) is 9.64. The number of halogens is 1. The van der Waals surface area contributed by atoms with E-state index in [1.165, 1.54) is 11.3 Å². The van der Waals surface area contributed by atoms with Crippen molar-refractivity contribution in [3.8, 4) is 0 Å². The van der Waals surface area contributed by atoms with Crippen molar-refractivity contribution in [2.75, 3.05) is 26.2 Å². The highest BCUT2D eigenvalue weighted by Gasteiger charge is 2.19. The zero-order chi connectivity index (χ0) is 20.7. The summed E-state index contributed by atoms with van der Waals surface area (Å²) < 4.78 is 1.57. The first-order chi connectivity index (χ1) is 14.5. The fraction of sp³-hybridized carbons (Fsp3) is 0.300. The van der Waals surface area contributed by atoms with Gasteiger partial charge in [0.25, 0.3) is 11.1 Å². The monoisotopic (exact) mass is 442 g/mol. The van der Waals surface area contributed by atoms with Gasteiger partial charge in [-0.05, 0) is 18.2 Å². The van der Waals surface area contributed by atoms with Gasteiger partial charge in [0.15, 0.2) is 4.96 Å². The van der Waals surface area contributed by atoms with Crippen LogP contribution in [0.2, 0.25) is 5.02 Å². The third-order valence-corrected chi connectivity index (χ3v) is 6.29. The molecule has 1 fully saturated rings. The molecule has 0 spiro atoms. The Balaban J connectivity index is 1.23. The van der Waals surface area contributed by atoms with E-state index >= 15 is 0 Å². The first-order valence-corrected chi connectivity index (χ1v) is 10.9. The van der Waals surface area contributed by atoms with E-state index in [-0.39, 0.29) is 11.1 Å². The van der Waals surface area contributed by atoms with Gasteiger partial charge in [0.2, 0.25) is 0 Å². The smallest absolute Gasteiger partial charge is 0.258 e. The summed E-state index contributed by atoms with van der Waals surface area (Å²) in [6, 6.07) is 6.77. The van der Waals surface area contributed by atoms with Crippen LogP contribution < -0.4 is 11.1 Å². The molecule has 0 aliphatic carbocycles. The van der Waals surface area contributed by atoms with Crippen LogP contribution in [-0.4, -0.2) is 55.3 Å². The molecular formula is C20H19ClN6O2S. The summed E-state index contributed by atoms with van der Waals surface area (Å²) in [5.41, 5.74) is 1.24. The van der Waals surface area contributed by atoms with Gasteiger partial charge < -0.3 is 4.98 Å². The second-order valence-electron chi connectivity index (χ2n) is 7.37. The molecule has 0 saturated carbocycles. The van der Waals surface area contributed by atoms with Gasteiger partial charge in [-0.3, -0.25) is 23.8 Å². The molecule has 0 atom stereocenters. The molecule has 5 rings (SSSR count). The summed E-state index contributed by atoms with van der Waals surface area (Å²) in [6.45, 7) is 4.66. The quantitative estimate of drug-likeness (QED) is 0.520. The molecule has 4 aromatic rings. The Morgan fingerprint density at radius 3 is 2.60 bits per heavy atom. The highest BCUT2D eigenvalue weighted by Crippen LogP contribution is 2.15. The lowest BCUT2D eigenvalue weighted by molar-refractivity contribution is 0.119. The topological polar surface area (TPSA) is 86.6 Å². The van der Waals surface area contributed by atoms with Crippen LogP contribution in [0.15, 0.2) is 45.4 Å². The molecule has 1 aromatic carbocycles. The highest BCUT2D eigenvalue weighted by atomic mass is 35.5. The number of rotatable bonds is 4. The number of hydrogen-bond donors (Lipinski definition) is 1. The molecule has 1 aliphatic rings. The summed E-state index contributed by atoms with van der Waals surface area (Å²) in [5.74, 6) is 0.654. The second-order valence-corrected chi connectivity index (χ2v) is 8.68. The van der Waals surface area contributed by atoms with E-state index in [9.17, 15) is 9.59 Å². The van der Waals surface area contributed by atoms with Gasteiger partial charge in [-0.2, -0.15) is 0 Å². The third kappa shape index (κ3) is 3.89. The summed E-state index contributed by atoms with van der Waals surface area (Å²) in [5, 5.41) is 2.89. The molecule has 3 aromatic heterocycles. The highest BCUT2D eigenvalue weighted by molar-refractivity contribution is 7.15. The minimum absolute atomic E-state index is 0.0393. The van der Waals surface area contributed by atoms with Crippen molar-refractivity contribution >= 4 is 38.8 Å². The molecular weight excluding hydrogens is 424 g/mol. The lowest BCUT2D eigenvalue weighted by atomic mass is 10.2. The number of nitrogens with one attached hydrogen (secondary N) is 1. The normalized spacial score (nSPS) is 15.9. The molecule has 0 radical (unpaired) electrons. The maximum Gasteiger partial charge on any atom is 0.258 e. The number of aromatic amines is 1. The van der Waals surface area contributed by atoms with Crippen LogP contribution in [0.4, 0.5) is 0 Å². The van der Waals surface area contributed by atoms with E-state index in [1.54, 1.807) is 34.9 Å². The molecule has 4 heterocycles. The van der Waals surface area contributed by atoms with Crippen LogP contribution in [-0.2, 0) is 13.1 Å². The lowest BCUT2D eigenvalue weighted by Crippen LogP contribution is -2.45. The Morgan fingerprint density at radius 2 is 1.80 bits per heavy atom. The zero-order valence-corrected chi connectivity index (χ0v) is 17.6. The summed E-state index contributed by atoms with van der Waals surface area (Å²) >= 11 is 7.44. The van der Waals surface area contributed by atoms with E-state index < -0.39 is 0 Å². The summed E-state index contributed by atoms with van der Waals surface area (Å²) in [4.78, 5) is 41.8. The SMILES string of the molecule is O=c1[nH]c(CN2CCN(Cc3cc(=O)n4ccsc4n3)CC2)nc2ccc(Cl)cc12. The molecule has 1 N–H and O–H groups in total. The molecule has 1 saturated heterocycles. The van der Waals surface area contributed by atoms with Crippen molar-refractivity contribution in [2.24, 2.45) is 0 Å². The number of benzene rings is 1. The van der Waals surface area contributed by atoms with Crippen molar-refractivity contribution in [1.29, 1.82) is 0 Å². The summed E-state index contributed by atoms with van der Waals surface area (Å²) in [6.07, 6.45) is 1.75. The van der Waals surface area contributed by atoms with E-state index in [2.05, 4.69) is 24.8 Å². The van der Waals surface area contributed by atoms with Gasteiger partial charge in [0.05, 0.1) is 23.1 Å². The molecule has 8 nitrogen and oxygen atoms in total. The lowest BCUT2D eigenvalue weighted by Gasteiger charge is -2.34. The number of hydrogen-bond acceptors (Lipinski definition) is 7. The predicted octanol–water partition coefficient (Wildman–Crippen LogP) is 1.96. The van der Waals surface area contributed by atoms with Crippen LogP contribution in [0.25, 0.3) is 15.9 Å². The van der Waals surface area contributed by atoms with E-state index in [1.807, 2.05) is 5.38 Å². The Morgan fingerprint density at radius 1 is 1.03 bits per heavy atom. The number of fused-ring (bicyclic) bond motifs is 2. The van der Waals surface area contributed by atoms with Gasteiger partial charge in [-0.15, -0.1) is 11.3 Å². The fourth-order valence-corrected chi connectivity index (χ4v) is 4.66. The molecule has 0 amide bonds. The number of piperazine rings is 1. The molecule has 0 unspecified atom stereocenters. The minimum atomic E-state index is -0.169. The molecule has 0 bridgehead atoms. The Labute approximate surface area is 180 Å². The van der Waals surface area contributed by atoms with Gasteiger partial charge >= 0.3 is 0 Å². The van der Waals surface area contributed by atoms with Crippen LogP contribution >= 0.6 is 22.9 Å². The largest absolute Gasteiger partial charge is 0.309 e. The van der Waals surface area contributed by atoms with Crippen molar-refractivity contribution < 1.29 is 0 Å². The van der Waals surface area contributed by atoms with Gasteiger partial charge in [-0.1, -0.05) is 11.6 Å². The van der Waals surface area contributed by atoms with Crippen LogP contribution in [0, 0.1) is 0 Å². The average molecular weight is 443 g/mol. The van der Waals surface area contributed by atoms with Crippen LogP contribution in [0.3, 0.4) is 0 Å². The predicted molar refractivity (Wildman–Crippen MR) is 117 cm³/mol. The minimum Gasteiger partial charge on any atom is -0.309 e. The number of thiazole rings is 1. The Bertz CT molecular complexity index is 1340. The first kappa shape index (κ1) is 19.4. The molecule has 154 valence electrons. The molecule has 10 heteroatoms. The van der Waals surface area contributed by atoms with Crippen LogP contribution in [0.5, 0.6) is 0 Å². The van der Waals surface area contributed by atoms with E-state index in [4.69, 9.17) is 11.6 Å². The van der Waals surface area contributed by atoms with Crippen molar-refractivity contribution in [3.05, 3.63) is 73.1 Å². The molecule has 1 aliphatic heterocycles. The van der Waals surface area contributed by atoms with Gasteiger partial charge in [-0.25, -0.2) is 9.97 Å². The van der Waals surface area contributed by atoms with Crippen molar-refractivity contribution in [2.45, 2.75) is 13.1 Å². The van der Waals surface area contributed by atoms with E-state index in [0.717, 1.165) is 36.8 Å². The van der Waals surface area contributed by atoms with Crippen molar-refractivity contribution in [1.82, 2.24) is 29.2 Å². The van der Waals surface area contributed by atoms with Gasteiger partial charge in [0, 0.05) is 55.4 Å². The number of nitrogens with zero attached hydrogens (tertiary/aromatic N) is 5. The molecule has 30 heavy (non-hydrogen) atoms. The average Bonchev–Trinajstić information content (AvgIpc) is 3.19. The maximum atomic E-state index is 12.3. The van der Waals surface area contributed by atoms with Crippen LogP contribution in [0.1, 0.15) is 11.5 Å². The number of H-pyrrole nitrogens is 1. The zero-order valence-electron chi connectivity index (χ0n) is 16.0. The van der Waals surface area contributed by atoms with E-state index in [0.29, 0.717) is 34.8 Å².